The maximum Gasteiger partial charge on any atom is 0.0896 e. The van der Waals surface area contributed by atoms with E-state index in [4.69, 9.17) is 4.74 Å². The lowest BCUT2D eigenvalue weighted by Crippen LogP contribution is -2.29. The van der Waals surface area contributed by atoms with Crippen LogP contribution in [0.5, 0.6) is 0 Å². The standard InChI is InChI=1S/C18H19NO/c1-12-6-8-13(9-7-12)17-15-10-11-20-18(15)14-4-2-3-5-16(14)19-17/h2-9,15,17-19H,10-11H2,1H3/t15-,17-,18+/m0/s1. The summed E-state index contributed by atoms with van der Waals surface area (Å²) in [4.78, 5) is 0. The van der Waals surface area contributed by atoms with E-state index >= 15 is 0 Å². The molecule has 0 saturated carbocycles. The van der Waals surface area contributed by atoms with E-state index in [-0.39, 0.29) is 6.10 Å². The van der Waals surface area contributed by atoms with E-state index in [1.54, 1.807) is 0 Å². The SMILES string of the molecule is Cc1ccc([C@@H]2Nc3ccccc3[C@H]3OCC[C@H]32)cc1. The zero-order valence-electron chi connectivity index (χ0n) is 11.7. The molecule has 2 heteroatoms. The van der Waals surface area contributed by atoms with Gasteiger partial charge in [0, 0.05) is 23.8 Å². The highest BCUT2D eigenvalue weighted by atomic mass is 16.5. The highest BCUT2D eigenvalue weighted by Gasteiger charge is 2.41. The molecule has 2 aromatic carbocycles. The molecule has 2 aliphatic rings. The van der Waals surface area contributed by atoms with Crippen LogP contribution in [0, 0.1) is 12.8 Å². The molecule has 0 aromatic heterocycles. The summed E-state index contributed by atoms with van der Waals surface area (Å²) in [5.74, 6) is 0.535. The third kappa shape index (κ3) is 1.83. The van der Waals surface area contributed by atoms with Crippen molar-refractivity contribution >= 4 is 5.69 Å². The Balaban J connectivity index is 1.76. The van der Waals surface area contributed by atoms with Gasteiger partial charge in [0.1, 0.15) is 0 Å². The van der Waals surface area contributed by atoms with Crippen molar-refractivity contribution in [2.24, 2.45) is 5.92 Å². The van der Waals surface area contributed by atoms with E-state index in [1.165, 1.54) is 22.4 Å². The van der Waals surface area contributed by atoms with Crippen LogP contribution in [0.1, 0.15) is 35.3 Å². The van der Waals surface area contributed by atoms with Gasteiger partial charge in [-0.1, -0.05) is 48.0 Å². The molecule has 1 saturated heterocycles. The van der Waals surface area contributed by atoms with Crippen LogP contribution in [-0.2, 0) is 4.74 Å². The Morgan fingerprint density at radius 1 is 1.05 bits per heavy atom. The number of rotatable bonds is 1. The maximum atomic E-state index is 6.02. The van der Waals surface area contributed by atoms with Gasteiger partial charge in [0.05, 0.1) is 12.1 Å². The quantitative estimate of drug-likeness (QED) is 0.832. The van der Waals surface area contributed by atoms with Gasteiger partial charge in [-0.15, -0.1) is 0 Å². The number of fused-ring (bicyclic) bond motifs is 3. The zero-order chi connectivity index (χ0) is 13.5. The normalized spacial score (nSPS) is 27.6. The lowest BCUT2D eigenvalue weighted by Gasteiger charge is -2.36. The number of benzene rings is 2. The molecule has 0 spiro atoms. The van der Waals surface area contributed by atoms with Gasteiger partial charge in [0.15, 0.2) is 0 Å². The van der Waals surface area contributed by atoms with Crippen LogP contribution >= 0.6 is 0 Å². The van der Waals surface area contributed by atoms with Crippen LogP contribution in [0.4, 0.5) is 5.69 Å². The molecule has 2 heterocycles. The third-order valence-electron chi connectivity index (χ3n) is 4.58. The number of anilines is 1. The van der Waals surface area contributed by atoms with Crippen LogP contribution in [0.3, 0.4) is 0 Å². The first-order chi connectivity index (χ1) is 9.83. The fourth-order valence-corrected chi connectivity index (χ4v) is 3.52. The minimum Gasteiger partial charge on any atom is -0.378 e. The molecule has 0 amide bonds. The Hall–Kier alpha value is -1.80. The second-order valence-electron chi connectivity index (χ2n) is 5.86. The van der Waals surface area contributed by atoms with Crippen LogP contribution < -0.4 is 5.32 Å². The van der Waals surface area contributed by atoms with Crippen molar-refractivity contribution in [2.45, 2.75) is 25.5 Å². The molecular weight excluding hydrogens is 246 g/mol. The van der Waals surface area contributed by atoms with Crippen molar-refractivity contribution in [3.8, 4) is 0 Å². The fraction of sp³-hybridized carbons (Fsp3) is 0.333. The summed E-state index contributed by atoms with van der Waals surface area (Å²) in [5, 5.41) is 3.72. The summed E-state index contributed by atoms with van der Waals surface area (Å²) in [5.41, 5.74) is 5.22. The van der Waals surface area contributed by atoms with Crippen LogP contribution in [0.25, 0.3) is 0 Å². The average molecular weight is 265 g/mol. The van der Waals surface area contributed by atoms with Crippen molar-refractivity contribution < 1.29 is 4.74 Å². The Labute approximate surface area is 119 Å². The molecule has 0 unspecified atom stereocenters. The van der Waals surface area contributed by atoms with Crippen LogP contribution in [-0.4, -0.2) is 6.61 Å². The Morgan fingerprint density at radius 3 is 2.70 bits per heavy atom. The van der Waals surface area contributed by atoms with Gasteiger partial charge in [-0.25, -0.2) is 0 Å². The topological polar surface area (TPSA) is 21.3 Å². The summed E-state index contributed by atoms with van der Waals surface area (Å²) in [6, 6.07) is 17.8. The van der Waals surface area contributed by atoms with Crippen molar-refractivity contribution in [3.63, 3.8) is 0 Å². The van der Waals surface area contributed by atoms with E-state index in [0.29, 0.717) is 12.0 Å². The lowest BCUT2D eigenvalue weighted by molar-refractivity contribution is 0.0829. The van der Waals surface area contributed by atoms with Gasteiger partial charge < -0.3 is 10.1 Å². The number of nitrogens with one attached hydrogen (secondary N) is 1. The molecular formula is C18H19NO. The van der Waals surface area contributed by atoms with Gasteiger partial charge in [-0.05, 0) is 25.0 Å². The van der Waals surface area contributed by atoms with Crippen molar-refractivity contribution in [1.29, 1.82) is 0 Å². The molecule has 2 aliphatic heterocycles. The van der Waals surface area contributed by atoms with E-state index in [0.717, 1.165) is 13.0 Å². The minimum absolute atomic E-state index is 0.249. The smallest absolute Gasteiger partial charge is 0.0896 e. The van der Waals surface area contributed by atoms with Gasteiger partial charge in [-0.2, -0.15) is 0 Å². The Morgan fingerprint density at radius 2 is 1.85 bits per heavy atom. The van der Waals surface area contributed by atoms with E-state index in [2.05, 4.69) is 60.8 Å². The van der Waals surface area contributed by atoms with Crippen LogP contribution in [0.2, 0.25) is 0 Å². The summed E-state index contributed by atoms with van der Waals surface area (Å²) in [7, 11) is 0. The molecule has 102 valence electrons. The molecule has 0 radical (unpaired) electrons. The highest BCUT2D eigenvalue weighted by Crippen LogP contribution is 2.49. The molecule has 3 atom stereocenters. The van der Waals surface area contributed by atoms with Gasteiger partial charge >= 0.3 is 0 Å². The average Bonchev–Trinajstić information content (AvgIpc) is 2.97. The Bertz CT molecular complexity index is 620. The summed E-state index contributed by atoms with van der Waals surface area (Å²) < 4.78 is 6.02. The van der Waals surface area contributed by atoms with E-state index < -0.39 is 0 Å². The molecule has 2 aromatic rings. The number of ether oxygens (including phenoxy) is 1. The number of para-hydroxylation sites is 1. The summed E-state index contributed by atoms with van der Waals surface area (Å²) in [6.45, 7) is 3.00. The van der Waals surface area contributed by atoms with Crippen molar-refractivity contribution in [1.82, 2.24) is 0 Å². The first kappa shape index (κ1) is 12.0. The second kappa shape index (κ2) is 4.64. The number of hydrogen-bond donors (Lipinski definition) is 1. The lowest BCUT2D eigenvalue weighted by atomic mass is 9.81. The van der Waals surface area contributed by atoms with E-state index in [9.17, 15) is 0 Å². The number of hydrogen-bond acceptors (Lipinski definition) is 2. The van der Waals surface area contributed by atoms with Gasteiger partial charge in [-0.3, -0.25) is 0 Å². The predicted molar refractivity (Wildman–Crippen MR) is 80.8 cm³/mol. The van der Waals surface area contributed by atoms with Gasteiger partial charge in [0.2, 0.25) is 0 Å². The summed E-state index contributed by atoms with van der Waals surface area (Å²) >= 11 is 0. The van der Waals surface area contributed by atoms with Gasteiger partial charge in [0.25, 0.3) is 0 Å². The maximum absolute atomic E-state index is 6.02. The molecule has 0 aliphatic carbocycles. The summed E-state index contributed by atoms with van der Waals surface area (Å²) in [6.07, 6.45) is 1.38. The third-order valence-corrected chi connectivity index (χ3v) is 4.58. The van der Waals surface area contributed by atoms with Crippen molar-refractivity contribution in [3.05, 3.63) is 65.2 Å². The Kier molecular flexibility index (Phi) is 2.78. The fourth-order valence-electron chi connectivity index (χ4n) is 3.52. The van der Waals surface area contributed by atoms with Crippen LogP contribution in [0.15, 0.2) is 48.5 Å². The predicted octanol–water partition coefficient (Wildman–Crippen LogP) is 4.24. The van der Waals surface area contributed by atoms with E-state index in [1.807, 2.05) is 0 Å². The first-order valence-corrected chi connectivity index (χ1v) is 7.36. The molecule has 20 heavy (non-hydrogen) atoms. The largest absolute Gasteiger partial charge is 0.378 e. The molecule has 4 rings (SSSR count). The molecule has 1 fully saturated rings. The number of aryl methyl sites for hydroxylation is 1. The molecule has 1 N–H and O–H groups in total. The minimum atomic E-state index is 0.249. The monoisotopic (exact) mass is 265 g/mol. The first-order valence-electron chi connectivity index (χ1n) is 7.36. The second-order valence-corrected chi connectivity index (χ2v) is 5.86. The van der Waals surface area contributed by atoms with Crippen molar-refractivity contribution in [2.75, 3.05) is 11.9 Å². The highest BCUT2D eigenvalue weighted by molar-refractivity contribution is 5.57. The molecule has 0 bridgehead atoms. The molecule has 2 nitrogen and oxygen atoms in total. The zero-order valence-corrected chi connectivity index (χ0v) is 11.7.